The van der Waals surface area contributed by atoms with Crippen LogP contribution >= 0.6 is 0 Å². The molecule has 2 N–H and O–H groups in total. The van der Waals surface area contributed by atoms with E-state index in [-0.39, 0.29) is 17.7 Å². The van der Waals surface area contributed by atoms with Gasteiger partial charge < -0.3 is 10.6 Å². The second-order valence-corrected chi connectivity index (χ2v) is 8.65. The van der Waals surface area contributed by atoms with Crippen molar-refractivity contribution in [1.29, 1.82) is 0 Å². The van der Waals surface area contributed by atoms with Crippen LogP contribution in [0.1, 0.15) is 35.9 Å². The van der Waals surface area contributed by atoms with Crippen LogP contribution in [0, 0.1) is 0 Å². The molecule has 6 rings (SSSR count). The number of ketones is 1. The molecule has 32 heavy (non-hydrogen) atoms. The maximum absolute atomic E-state index is 13.7. The highest BCUT2D eigenvalue weighted by Gasteiger charge is 2.36. The van der Waals surface area contributed by atoms with Gasteiger partial charge in [-0.3, -0.25) is 4.79 Å². The number of allylic oxidation sites excluding steroid dienone is 1. The van der Waals surface area contributed by atoms with E-state index in [1.165, 1.54) is 16.3 Å². The fourth-order valence-corrected chi connectivity index (χ4v) is 5.19. The lowest BCUT2D eigenvalue weighted by molar-refractivity contribution is -0.116. The van der Waals surface area contributed by atoms with Crippen molar-refractivity contribution in [3.63, 3.8) is 0 Å². The van der Waals surface area contributed by atoms with Crippen molar-refractivity contribution in [2.45, 2.75) is 24.8 Å². The Bertz CT molecular complexity index is 1350. The van der Waals surface area contributed by atoms with Gasteiger partial charge >= 0.3 is 0 Å². The second kappa shape index (κ2) is 7.69. The van der Waals surface area contributed by atoms with Crippen LogP contribution in [0.15, 0.2) is 108 Å². The van der Waals surface area contributed by atoms with Gasteiger partial charge in [0.1, 0.15) is 0 Å². The van der Waals surface area contributed by atoms with Crippen molar-refractivity contribution in [2.24, 2.45) is 0 Å². The molecule has 0 radical (unpaired) electrons. The van der Waals surface area contributed by atoms with Crippen molar-refractivity contribution < 1.29 is 4.79 Å². The first-order valence-corrected chi connectivity index (χ1v) is 11.2. The molecule has 0 unspecified atom stereocenters. The van der Waals surface area contributed by atoms with Crippen molar-refractivity contribution in [2.75, 3.05) is 10.6 Å². The number of anilines is 2. The largest absolute Gasteiger partial charge is 0.372 e. The molecule has 156 valence electrons. The van der Waals surface area contributed by atoms with Gasteiger partial charge in [0.2, 0.25) is 0 Å². The van der Waals surface area contributed by atoms with Crippen LogP contribution in [-0.2, 0) is 4.79 Å². The molecule has 4 aromatic carbocycles. The Morgan fingerprint density at radius 1 is 0.688 bits per heavy atom. The van der Waals surface area contributed by atoms with Crippen LogP contribution in [0.2, 0.25) is 0 Å². The van der Waals surface area contributed by atoms with E-state index in [0.29, 0.717) is 6.42 Å². The van der Waals surface area contributed by atoms with Crippen molar-refractivity contribution in [1.82, 2.24) is 0 Å². The predicted octanol–water partition coefficient (Wildman–Crippen LogP) is 6.82. The summed E-state index contributed by atoms with van der Waals surface area (Å²) in [7, 11) is 0. The lowest BCUT2D eigenvalue weighted by Gasteiger charge is -2.30. The summed E-state index contributed by atoms with van der Waals surface area (Å²) >= 11 is 0. The van der Waals surface area contributed by atoms with Gasteiger partial charge in [0.15, 0.2) is 5.78 Å². The Balaban J connectivity index is 1.53. The van der Waals surface area contributed by atoms with Gasteiger partial charge in [-0.25, -0.2) is 0 Å². The summed E-state index contributed by atoms with van der Waals surface area (Å²) in [6.45, 7) is 0. The Morgan fingerprint density at radius 3 is 2.28 bits per heavy atom. The number of fused-ring (bicyclic) bond motifs is 2. The number of para-hydroxylation sites is 2. The molecular weight excluding hydrogens is 392 g/mol. The van der Waals surface area contributed by atoms with Crippen LogP contribution < -0.4 is 10.6 Å². The highest BCUT2D eigenvalue weighted by molar-refractivity contribution is 6.02. The fourth-order valence-electron chi connectivity index (χ4n) is 5.19. The van der Waals surface area contributed by atoms with Gasteiger partial charge in [-0.2, -0.15) is 0 Å². The minimum absolute atomic E-state index is 0.188. The third-order valence-corrected chi connectivity index (χ3v) is 6.71. The number of rotatable bonds is 2. The average molecular weight is 417 g/mol. The summed E-state index contributed by atoms with van der Waals surface area (Å²) in [6, 6.07) is 33.2. The zero-order valence-corrected chi connectivity index (χ0v) is 17.7. The van der Waals surface area contributed by atoms with Gasteiger partial charge in [-0.1, -0.05) is 84.9 Å². The van der Waals surface area contributed by atoms with E-state index >= 15 is 0 Å². The first-order valence-electron chi connectivity index (χ1n) is 11.2. The Hall–Kier alpha value is -3.85. The molecule has 1 aliphatic carbocycles. The van der Waals surface area contributed by atoms with E-state index < -0.39 is 0 Å². The van der Waals surface area contributed by atoms with Crippen LogP contribution in [0.5, 0.6) is 0 Å². The average Bonchev–Trinajstić information content (AvgIpc) is 3.01. The molecule has 0 saturated carbocycles. The number of hydrogen-bond donors (Lipinski definition) is 2. The molecule has 0 bridgehead atoms. The normalized spacial score (nSPS) is 20.1. The molecular formula is C29H24N2O. The number of nitrogens with one attached hydrogen (secondary N) is 2. The number of carbonyl (C=O) groups excluding carboxylic acids is 1. The first-order chi connectivity index (χ1) is 15.8. The number of hydrogen-bond acceptors (Lipinski definition) is 3. The Morgan fingerprint density at radius 2 is 1.41 bits per heavy atom. The zero-order chi connectivity index (χ0) is 21.5. The molecule has 0 aromatic heterocycles. The summed E-state index contributed by atoms with van der Waals surface area (Å²) in [5.41, 5.74) is 6.30. The highest BCUT2D eigenvalue weighted by Crippen LogP contribution is 2.45. The molecule has 0 fully saturated rings. The van der Waals surface area contributed by atoms with Gasteiger partial charge in [0.05, 0.1) is 17.4 Å². The topological polar surface area (TPSA) is 41.1 Å². The molecule has 4 aromatic rings. The smallest absolute Gasteiger partial charge is 0.163 e. The van der Waals surface area contributed by atoms with E-state index in [1.54, 1.807) is 0 Å². The Kier molecular flexibility index (Phi) is 4.53. The lowest BCUT2D eigenvalue weighted by atomic mass is 9.78. The number of Topliss-reactive ketones (excluding diaryl/α,β-unsaturated/α-hetero) is 1. The third-order valence-electron chi connectivity index (χ3n) is 6.71. The molecule has 2 aliphatic rings. The summed E-state index contributed by atoms with van der Waals surface area (Å²) in [5, 5.41) is 9.71. The van der Waals surface area contributed by atoms with Crippen LogP contribution in [-0.4, -0.2) is 5.78 Å². The van der Waals surface area contributed by atoms with Gasteiger partial charge in [0.25, 0.3) is 0 Å². The third kappa shape index (κ3) is 3.18. The van der Waals surface area contributed by atoms with Crippen LogP contribution in [0.3, 0.4) is 0 Å². The van der Waals surface area contributed by atoms with E-state index in [0.717, 1.165) is 34.6 Å². The highest BCUT2D eigenvalue weighted by atomic mass is 16.1. The predicted molar refractivity (Wildman–Crippen MR) is 131 cm³/mol. The maximum Gasteiger partial charge on any atom is 0.163 e. The lowest BCUT2D eigenvalue weighted by Crippen LogP contribution is -2.27. The van der Waals surface area contributed by atoms with E-state index in [1.807, 2.05) is 18.2 Å². The van der Waals surface area contributed by atoms with Crippen LogP contribution in [0.4, 0.5) is 11.4 Å². The summed E-state index contributed by atoms with van der Waals surface area (Å²) in [6.07, 6.45) is 1.35. The number of benzene rings is 4. The molecule has 2 atom stereocenters. The first kappa shape index (κ1) is 18.9. The maximum atomic E-state index is 13.7. The van der Waals surface area contributed by atoms with Crippen molar-refractivity contribution >= 4 is 27.9 Å². The quantitative estimate of drug-likeness (QED) is 0.377. The molecule has 0 spiro atoms. The summed E-state index contributed by atoms with van der Waals surface area (Å²) in [5.74, 6) is 0.402. The van der Waals surface area contributed by atoms with E-state index in [4.69, 9.17) is 0 Å². The van der Waals surface area contributed by atoms with Crippen molar-refractivity contribution in [3.05, 3.63) is 119 Å². The summed E-state index contributed by atoms with van der Waals surface area (Å²) < 4.78 is 0. The van der Waals surface area contributed by atoms with Gasteiger partial charge in [-0.15, -0.1) is 0 Å². The SMILES string of the molecule is O=C1C[C@H](c2ccccc2)CC2=C1[C@H](c1cccc3ccccc13)Nc1ccccc1N2. The Labute approximate surface area is 187 Å². The second-order valence-electron chi connectivity index (χ2n) is 8.65. The molecule has 3 heteroatoms. The zero-order valence-electron chi connectivity index (χ0n) is 17.7. The van der Waals surface area contributed by atoms with Crippen LogP contribution in [0.25, 0.3) is 10.8 Å². The standard InChI is InChI=1S/C29H24N2O/c32-27-18-21(19-9-2-1-3-10-19)17-26-28(27)29(31-25-16-7-6-15-24(25)30-26)23-14-8-12-20-11-4-5-13-22(20)23/h1-16,21,29-31H,17-18H2/t21-,29+/m1/s1. The minimum Gasteiger partial charge on any atom is -0.372 e. The van der Waals surface area contributed by atoms with Crippen molar-refractivity contribution in [3.8, 4) is 0 Å². The van der Waals surface area contributed by atoms with E-state index in [9.17, 15) is 4.79 Å². The van der Waals surface area contributed by atoms with Gasteiger partial charge in [0, 0.05) is 17.7 Å². The number of carbonyl (C=O) groups is 1. The minimum atomic E-state index is -0.198. The van der Waals surface area contributed by atoms with Gasteiger partial charge in [-0.05, 0) is 46.4 Å². The molecule has 0 amide bonds. The summed E-state index contributed by atoms with van der Waals surface area (Å²) in [4.78, 5) is 13.7. The molecule has 1 aliphatic heterocycles. The molecule has 0 saturated heterocycles. The van der Waals surface area contributed by atoms with E-state index in [2.05, 4.69) is 89.5 Å². The molecule has 1 heterocycles. The fraction of sp³-hybridized carbons (Fsp3) is 0.138. The monoisotopic (exact) mass is 416 g/mol. The molecule has 3 nitrogen and oxygen atoms in total.